The molecule has 0 N–H and O–H groups in total. The Morgan fingerprint density at radius 1 is 0.839 bits per heavy atom. The molecule has 162 valence electrons. The largest absolute Gasteiger partial charge is 0.463 e. The van der Waals surface area contributed by atoms with Gasteiger partial charge in [0.25, 0.3) is 0 Å². The lowest BCUT2D eigenvalue weighted by molar-refractivity contribution is -0.149. The second-order valence-corrected chi connectivity index (χ2v) is 8.97. The van der Waals surface area contributed by atoms with E-state index in [1.165, 1.54) is 11.1 Å². The molecule has 0 aromatic heterocycles. The van der Waals surface area contributed by atoms with Crippen molar-refractivity contribution in [3.8, 4) is 0 Å². The molecule has 3 nitrogen and oxygen atoms in total. The molecule has 0 amide bonds. The van der Waals surface area contributed by atoms with Crippen LogP contribution in [0.15, 0.2) is 89.4 Å². The van der Waals surface area contributed by atoms with Gasteiger partial charge in [-0.1, -0.05) is 88.7 Å². The summed E-state index contributed by atoms with van der Waals surface area (Å²) in [4.78, 5) is 15.2. The molecular weight excluding hydrogens is 450 g/mol. The minimum Gasteiger partial charge on any atom is -0.463 e. The van der Waals surface area contributed by atoms with Gasteiger partial charge in [-0.25, -0.2) is 0 Å². The van der Waals surface area contributed by atoms with Crippen molar-refractivity contribution in [1.82, 2.24) is 4.90 Å². The van der Waals surface area contributed by atoms with Crippen LogP contribution < -0.4 is 0 Å². The standard InChI is InChI=1S/C27H30BrNO2/c1-20(2)31-27(30)18-26(24-14-16-25(28)17-15-24)29(19-22-10-6-4-7-11-22)21(3)23-12-8-5-9-13-23/h4-17,20-21,26H,18-19H2,1-3H3/t21-,26+/m1/s1. The quantitative estimate of drug-likeness (QED) is 0.306. The van der Waals surface area contributed by atoms with Crippen LogP contribution in [0.5, 0.6) is 0 Å². The van der Waals surface area contributed by atoms with Crippen LogP contribution >= 0.6 is 15.9 Å². The van der Waals surface area contributed by atoms with Gasteiger partial charge in [-0.15, -0.1) is 0 Å². The van der Waals surface area contributed by atoms with E-state index in [9.17, 15) is 4.79 Å². The maximum absolute atomic E-state index is 12.8. The molecular formula is C27H30BrNO2. The number of carbonyl (C=O) groups excluding carboxylic acids is 1. The first-order valence-corrected chi connectivity index (χ1v) is 11.5. The van der Waals surface area contributed by atoms with E-state index in [1.54, 1.807) is 0 Å². The summed E-state index contributed by atoms with van der Waals surface area (Å²) in [5.41, 5.74) is 3.53. The van der Waals surface area contributed by atoms with Crippen molar-refractivity contribution in [2.45, 2.75) is 51.9 Å². The Morgan fingerprint density at radius 2 is 1.42 bits per heavy atom. The van der Waals surface area contributed by atoms with Gasteiger partial charge < -0.3 is 4.74 Å². The second-order valence-electron chi connectivity index (χ2n) is 8.05. The number of benzene rings is 3. The smallest absolute Gasteiger partial charge is 0.307 e. The lowest BCUT2D eigenvalue weighted by Gasteiger charge is -2.37. The number of ether oxygens (including phenoxy) is 1. The maximum atomic E-state index is 12.8. The summed E-state index contributed by atoms with van der Waals surface area (Å²) in [5.74, 6) is -0.179. The van der Waals surface area contributed by atoms with Gasteiger partial charge >= 0.3 is 5.97 Å². The monoisotopic (exact) mass is 479 g/mol. The Hall–Kier alpha value is -2.43. The summed E-state index contributed by atoms with van der Waals surface area (Å²) in [5, 5.41) is 0. The molecule has 2 atom stereocenters. The maximum Gasteiger partial charge on any atom is 0.307 e. The molecule has 0 fully saturated rings. The summed E-state index contributed by atoms with van der Waals surface area (Å²) in [6, 6.07) is 29.1. The Labute approximate surface area is 194 Å². The van der Waals surface area contributed by atoms with Crippen LogP contribution in [0.1, 0.15) is 56.0 Å². The van der Waals surface area contributed by atoms with E-state index in [4.69, 9.17) is 4.74 Å². The first-order valence-electron chi connectivity index (χ1n) is 10.7. The fourth-order valence-electron chi connectivity index (χ4n) is 3.81. The van der Waals surface area contributed by atoms with Crippen molar-refractivity contribution in [1.29, 1.82) is 0 Å². The lowest BCUT2D eigenvalue weighted by atomic mass is 9.96. The summed E-state index contributed by atoms with van der Waals surface area (Å²) < 4.78 is 6.56. The van der Waals surface area contributed by atoms with Crippen LogP contribution in [0, 0.1) is 0 Å². The van der Waals surface area contributed by atoms with Gasteiger partial charge in [0.15, 0.2) is 0 Å². The van der Waals surface area contributed by atoms with Crippen LogP contribution in [-0.4, -0.2) is 17.0 Å². The molecule has 0 aliphatic heterocycles. The van der Waals surface area contributed by atoms with E-state index in [0.717, 1.165) is 16.6 Å². The van der Waals surface area contributed by atoms with Crippen molar-refractivity contribution < 1.29 is 9.53 Å². The lowest BCUT2D eigenvalue weighted by Crippen LogP contribution is -2.33. The predicted molar refractivity (Wildman–Crippen MR) is 130 cm³/mol. The fraction of sp³-hybridized carbons (Fsp3) is 0.296. The van der Waals surface area contributed by atoms with E-state index in [-0.39, 0.29) is 24.2 Å². The highest BCUT2D eigenvalue weighted by Crippen LogP contribution is 2.35. The third-order valence-electron chi connectivity index (χ3n) is 5.37. The van der Waals surface area contributed by atoms with Crippen molar-refractivity contribution in [3.63, 3.8) is 0 Å². The average Bonchev–Trinajstić information content (AvgIpc) is 2.77. The van der Waals surface area contributed by atoms with E-state index in [0.29, 0.717) is 6.42 Å². The predicted octanol–water partition coefficient (Wildman–Crippen LogP) is 7.10. The second kappa shape index (κ2) is 11.3. The number of halogens is 1. The molecule has 0 saturated carbocycles. The first-order chi connectivity index (χ1) is 14.9. The summed E-state index contributed by atoms with van der Waals surface area (Å²) >= 11 is 3.53. The van der Waals surface area contributed by atoms with E-state index >= 15 is 0 Å². The van der Waals surface area contributed by atoms with Crippen molar-refractivity contribution >= 4 is 21.9 Å². The number of hydrogen-bond acceptors (Lipinski definition) is 3. The van der Waals surface area contributed by atoms with Gasteiger partial charge in [-0.05, 0) is 49.6 Å². The first kappa shape index (κ1) is 23.2. The van der Waals surface area contributed by atoms with Gasteiger partial charge in [0, 0.05) is 23.1 Å². The molecule has 4 heteroatoms. The Kier molecular flexibility index (Phi) is 8.44. The summed E-state index contributed by atoms with van der Waals surface area (Å²) in [6.45, 7) is 6.71. The van der Waals surface area contributed by atoms with E-state index in [2.05, 4.69) is 88.4 Å². The number of nitrogens with zero attached hydrogens (tertiary/aromatic N) is 1. The van der Waals surface area contributed by atoms with Crippen LogP contribution in [0.25, 0.3) is 0 Å². The van der Waals surface area contributed by atoms with Gasteiger partial charge in [0.05, 0.1) is 12.5 Å². The molecule has 0 saturated heterocycles. The molecule has 0 spiro atoms. The summed E-state index contributed by atoms with van der Waals surface area (Å²) in [7, 11) is 0. The number of esters is 1. The van der Waals surface area contributed by atoms with Gasteiger partial charge in [-0.3, -0.25) is 9.69 Å². The van der Waals surface area contributed by atoms with Gasteiger partial charge in [0.1, 0.15) is 0 Å². The topological polar surface area (TPSA) is 29.5 Å². The highest BCUT2D eigenvalue weighted by atomic mass is 79.9. The molecule has 0 heterocycles. The molecule has 0 aliphatic rings. The summed E-state index contributed by atoms with van der Waals surface area (Å²) in [6.07, 6.45) is 0.163. The van der Waals surface area contributed by atoms with Crippen LogP contribution in [-0.2, 0) is 16.1 Å². The van der Waals surface area contributed by atoms with Crippen molar-refractivity contribution in [3.05, 3.63) is 106 Å². The average molecular weight is 480 g/mol. The van der Waals surface area contributed by atoms with Crippen molar-refractivity contribution in [2.75, 3.05) is 0 Å². The third kappa shape index (κ3) is 6.78. The molecule has 3 aromatic carbocycles. The molecule has 3 rings (SSSR count). The van der Waals surface area contributed by atoms with Gasteiger partial charge in [-0.2, -0.15) is 0 Å². The minimum atomic E-state index is -0.179. The SMILES string of the molecule is CC(C)OC(=O)C[C@@H](c1ccc(Br)cc1)N(Cc1ccccc1)[C@H](C)c1ccccc1. The zero-order chi connectivity index (χ0) is 22.2. The number of hydrogen-bond donors (Lipinski definition) is 0. The zero-order valence-electron chi connectivity index (χ0n) is 18.4. The van der Waals surface area contributed by atoms with Crippen LogP contribution in [0.2, 0.25) is 0 Å². The Morgan fingerprint density at radius 3 is 2.00 bits per heavy atom. The minimum absolute atomic E-state index is 0.113. The van der Waals surface area contributed by atoms with Crippen LogP contribution in [0.3, 0.4) is 0 Å². The Bertz CT molecular complexity index is 942. The number of carbonyl (C=O) groups is 1. The molecule has 0 unspecified atom stereocenters. The molecule has 3 aromatic rings. The number of rotatable bonds is 9. The highest BCUT2D eigenvalue weighted by Gasteiger charge is 2.29. The third-order valence-corrected chi connectivity index (χ3v) is 5.90. The van der Waals surface area contributed by atoms with Crippen molar-refractivity contribution in [2.24, 2.45) is 0 Å². The van der Waals surface area contributed by atoms with E-state index < -0.39 is 0 Å². The zero-order valence-corrected chi connectivity index (χ0v) is 20.0. The molecule has 0 aliphatic carbocycles. The van der Waals surface area contributed by atoms with Gasteiger partial charge in [0.2, 0.25) is 0 Å². The normalized spacial score (nSPS) is 13.2. The molecule has 31 heavy (non-hydrogen) atoms. The molecule has 0 bridgehead atoms. The highest BCUT2D eigenvalue weighted by molar-refractivity contribution is 9.10. The van der Waals surface area contributed by atoms with E-state index in [1.807, 2.05) is 38.1 Å². The fourth-order valence-corrected chi connectivity index (χ4v) is 4.08. The van der Waals surface area contributed by atoms with Crippen LogP contribution in [0.4, 0.5) is 0 Å². The Balaban J connectivity index is 2.01. The molecule has 0 radical (unpaired) electrons.